The van der Waals surface area contributed by atoms with E-state index in [-0.39, 0.29) is 0 Å². The normalized spacial score (nSPS) is 16.8. The Labute approximate surface area is 79.3 Å². The molecule has 2 N–H and O–H groups in total. The van der Waals surface area contributed by atoms with Crippen LogP contribution in [-0.4, -0.2) is 0 Å². The lowest BCUT2D eigenvalue weighted by atomic mass is 9.94. The van der Waals surface area contributed by atoms with Crippen LogP contribution in [0.15, 0.2) is 30.3 Å². The fourth-order valence-electron chi connectivity index (χ4n) is 1.66. The predicted octanol–water partition coefficient (Wildman–Crippen LogP) is 3.04. The molecule has 1 aliphatic rings. The molecule has 67 valence electrons. The number of rotatable bonds is 1. The van der Waals surface area contributed by atoms with E-state index in [2.05, 4.69) is 24.6 Å². The summed E-state index contributed by atoms with van der Waals surface area (Å²) < 4.78 is 0. The second-order valence-electron chi connectivity index (χ2n) is 3.41. The fourth-order valence-corrected chi connectivity index (χ4v) is 1.66. The molecule has 0 unspecified atom stereocenters. The van der Waals surface area contributed by atoms with Gasteiger partial charge in [0.15, 0.2) is 0 Å². The summed E-state index contributed by atoms with van der Waals surface area (Å²) in [5.74, 6) is 0. The second-order valence-corrected chi connectivity index (χ2v) is 3.41. The van der Waals surface area contributed by atoms with E-state index in [4.69, 9.17) is 5.73 Å². The Morgan fingerprint density at radius 1 is 1.08 bits per heavy atom. The van der Waals surface area contributed by atoms with E-state index in [0.29, 0.717) is 0 Å². The van der Waals surface area contributed by atoms with Crippen LogP contribution in [0.2, 0.25) is 0 Å². The first-order valence-electron chi connectivity index (χ1n) is 4.73. The molecule has 1 aromatic carbocycles. The molecule has 0 atom stereocenters. The lowest BCUT2D eigenvalue weighted by molar-refractivity contribution is 0.909. The van der Waals surface area contributed by atoms with Gasteiger partial charge in [0.1, 0.15) is 0 Å². The van der Waals surface area contributed by atoms with Gasteiger partial charge in [-0.3, -0.25) is 0 Å². The first-order chi connectivity index (χ1) is 6.36. The summed E-state index contributed by atoms with van der Waals surface area (Å²) in [5, 5.41) is 0. The first-order valence-corrected chi connectivity index (χ1v) is 4.73. The number of anilines is 1. The van der Waals surface area contributed by atoms with Gasteiger partial charge in [0, 0.05) is 5.69 Å². The summed E-state index contributed by atoms with van der Waals surface area (Å²) in [6.07, 6.45) is 8.11. The van der Waals surface area contributed by atoms with Gasteiger partial charge in [0.05, 0.1) is 0 Å². The minimum atomic E-state index is 0.840. The third-order valence-corrected chi connectivity index (χ3v) is 2.43. The van der Waals surface area contributed by atoms with Crippen LogP contribution in [0.4, 0.5) is 5.69 Å². The highest BCUT2D eigenvalue weighted by molar-refractivity contribution is 5.67. The van der Waals surface area contributed by atoms with Crippen molar-refractivity contribution < 1.29 is 0 Å². The molecular weight excluding hydrogens is 158 g/mol. The van der Waals surface area contributed by atoms with Gasteiger partial charge in [-0.1, -0.05) is 18.2 Å². The Bertz CT molecular complexity index is 308. The van der Waals surface area contributed by atoms with Crippen LogP contribution in [0, 0.1) is 6.42 Å². The van der Waals surface area contributed by atoms with Crippen LogP contribution in [0.3, 0.4) is 0 Å². The number of allylic oxidation sites excluding steroid dienone is 2. The molecule has 0 saturated heterocycles. The predicted molar refractivity (Wildman–Crippen MR) is 57.0 cm³/mol. The lowest BCUT2D eigenvalue weighted by Crippen LogP contribution is -1.92. The summed E-state index contributed by atoms with van der Waals surface area (Å²) in [6.45, 7) is 0. The molecule has 1 aromatic rings. The maximum Gasteiger partial charge on any atom is 0.0314 e. The second kappa shape index (κ2) is 3.65. The number of nitrogen functional groups attached to an aromatic ring is 1. The Balaban J connectivity index is 2.24. The number of hydrogen-bond acceptors (Lipinski definition) is 1. The van der Waals surface area contributed by atoms with Crippen LogP contribution >= 0.6 is 0 Å². The quantitative estimate of drug-likeness (QED) is 0.647. The minimum Gasteiger partial charge on any atom is -0.399 e. The highest BCUT2D eigenvalue weighted by atomic mass is 14.5. The van der Waals surface area contributed by atoms with Crippen molar-refractivity contribution in [2.75, 3.05) is 5.73 Å². The maximum absolute atomic E-state index is 5.63. The average Bonchev–Trinajstić information content (AvgIpc) is 2.20. The highest BCUT2D eigenvalue weighted by Gasteiger charge is 2.05. The van der Waals surface area contributed by atoms with Crippen LogP contribution in [0.25, 0.3) is 5.57 Å². The van der Waals surface area contributed by atoms with Crippen molar-refractivity contribution >= 4 is 11.3 Å². The Morgan fingerprint density at radius 3 is 2.46 bits per heavy atom. The molecule has 0 spiro atoms. The van der Waals surface area contributed by atoms with Gasteiger partial charge in [-0.2, -0.15) is 0 Å². The van der Waals surface area contributed by atoms with Crippen LogP contribution in [0.5, 0.6) is 0 Å². The smallest absolute Gasteiger partial charge is 0.0314 e. The highest BCUT2D eigenvalue weighted by Crippen LogP contribution is 2.26. The molecule has 0 saturated carbocycles. The van der Waals surface area contributed by atoms with Gasteiger partial charge in [0.25, 0.3) is 0 Å². The summed E-state index contributed by atoms with van der Waals surface area (Å²) >= 11 is 0. The summed E-state index contributed by atoms with van der Waals surface area (Å²) in [6, 6.07) is 8.14. The van der Waals surface area contributed by atoms with Crippen LogP contribution in [-0.2, 0) is 0 Å². The Morgan fingerprint density at radius 2 is 1.85 bits per heavy atom. The molecule has 2 rings (SSSR count). The summed E-state index contributed by atoms with van der Waals surface area (Å²) in [5.41, 5.74) is 9.25. The van der Waals surface area contributed by atoms with Gasteiger partial charge < -0.3 is 5.73 Å². The zero-order chi connectivity index (χ0) is 9.10. The molecule has 1 aliphatic carbocycles. The molecular formula is C12H14N. The van der Waals surface area contributed by atoms with E-state index < -0.39 is 0 Å². The van der Waals surface area contributed by atoms with E-state index >= 15 is 0 Å². The maximum atomic E-state index is 5.63. The molecule has 0 amide bonds. The topological polar surface area (TPSA) is 26.0 Å². The molecule has 1 nitrogen and oxygen atoms in total. The molecule has 13 heavy (non-hydrogen) atoms. The molecule has 1 radical (unpaired) electrons. The zero-order valence-corrected chi connectivity index (χ0v) is 7.66. The number of nitrogens with two attached hydrogens (primary N) is 1. The average molecular weight is 172 g/mol. The third-order valence-electron chi connectivity index (χ3n) is 2.43. The number of benzene rings is 1. The van der Waals surface area contributed by atoms with Crippen molar-refractivity contribution in [2.45, 2.75) is 19.3 Å². The van der Waals surface area contributed by atoms with Gasteiger partial charge >= 0.3 is 0 Å². The first kappa shape index (κ1) is 8.36. The molecule has 0 aliphatic heterocycles. The lowest BCUT2D eigenvalue weighted by Gasteiger charge is -2.12. The van der Waals surface area contributed by atoms with E-state index in [1.54, 1.807) is 0 Å². The van der Waals surface area contributed by atoms with E-state index in [9.17, 15) is 0 Å². The molecule has 0 heterocycles. The third kappa shape index (κ3) is 1.92. The van der Waals surface area contributed by atoms with Gasteiger partial charge in [-0.05, 0) is 49.0 Å². The molecule has 0 bridgehead atoms. The SMILES string of the molecule is Nc1ccc(C2=CC[CH]CC2)cc1. The number of hydrogen-bond donors (Lipinski definition) is 1. The minimum absolute atomic E-state index is 0.840. The van der Waals surface area contributed by atoms with E-state index in [1.807, 2.05) is 12.1 Å². The fraction of sp³-hybridized carbons (Fsp3) is 0.250. The molecule has 0 fully saturated rings. The standard InChI is InChI=1S/C12H14N/c13-12-8-6-11(7-9-12)10-4-2-1-3-5-10/h1,4,6-9H,2-3,5,13H2. The van der Waals surface area contributed by atoms with E-state index in [1.165, 1.54) is 24.0 Å². The Kier molecular flexibility index (Phi) is 2.35. The van der Waals surface area contributed by atoms with Crippen LogP contribution < -0.4 is 5.73 Å². The van der Waals surface area contributed by atoms with Crippen molar-refractivity contribution in [1.29, 1.82) is 0 Å². The largest absolute Gasteiger partial charge is 0.399 e. The van der Waals surface area contributed by atoms with Crippen molar-refractivity contribution in [1.82, 2.24) is 0 Å². The monoisotopic (exact) mass is 172 g/mol. The zero-order valence-electron chi connectivity index (χ0n) is 7.66. The van der Waals surface area contributed by atoms with Gasteiger partial charge in [0.2, 0.25) is 0 Å². The van der Waals surface area contributed by atoms with Crippen molar-refractivity contribution in [3.05, 3.63) is 42.3 Å². The van der Waals surface area contributed by atoms with Crippen molar-refractivity contribution in [3.8, 4) is 0 Å². The molecule has 1 heteroatoms. The van der Waals surface area contributed by atoms with Gasteiger partial charge in [-0.25, -0.2) is 0 Å². The summed E-state index contributed by atoms with van der Waals surface area (Å²) in [4.78, 5) is 0. The summed E-state index contributed by atoms with van der Waals surface area (Å²) in [7, 11) is 0. The van der Waals surface area contributed by atoms with Crippen molar-refractivity contribution in [3.63, 3.8) is 0 Å². The molecule has 0 aromatic heterocycles. The Hall–Kier alpha value is -1.24. The van der Waals surface area contributed by atoms with Crippen LogP contribution in [0.1, 0.15) is 24.8 Å². The van der Waals surface area contributed by atoms with E-state index in [0.717, 1.165) is 12.1 Å². The van der Waals surface area contributed by atoms with Crippen molar-refractivity contribution in [2.24, 2.45) is 0 Å². The van der Waals surface area contributed by atoms with Gasteiger partial charge in [-0.15, -0.1) is 0 Å².